The molecule has 1 heterocycles. The van der Waals surface area contributed by atoms with Gasteiger partial charge in [0.15, 0.2) is 11.5 Å². The molecule has 9 nitrogen and oxygen atoms in total. The summed E-state index contributed by atoms with van der Waals surface area (Å²) in [5.74, 6) is 3.11. The standard InChI is InChI=1S/C26H26N4O5/c1-32-19-8-10-20(11-9-19)35-13-12-25(31)29-17-4-6-18(7-5-17)30-26-21-14-23(33-2)24(34-3)15-22(21)27-16-28-26/h4-11,14-16H,12-13H2,1-3H3,(H,29,31)(H,27,28,30). The molecule has 0 atom stereocenters. The van der Waals surface area contributed by atoms with Crippen LogP contribution < -0.4 is 29.6 Å². The van der Waals surface area contributed by atoms with E-state index in [1.165, 1.54) is 6.33 Å². The molecule has 0 fully saturated rings. The molecule has 1 aromatic heterocycles. The number of carbonyl (C=O) groups excluding carboxylic acids is 1. The van der Waals surface area contributed by atoms with E-state index in [9.17, 15) is 4.79 Å². The molecule has 0 radical (unpaired) electrons. The van der Waals surface area contributed by atoms with Crippen LogP contribution in [0.2, 0.25) is 0 Å². The van der Waals surface area contributed by atoms with Crippen LogP contribution in [-0.2, 0) is 4.79 Å². The summed E-state index contributed by atoms with van der Waals surface area (Å²) in [5.41, 5.74) is 2.21. The Kier molecular flexibility index (Phi) is 7.47. The Morgan fingerprint density at radius 3 is 2.14 bits per heavy atom. The molecule has 0 saturated carbocycles. The SMILES string of the molecule is COc1ccc(OCCC(=O)Nc2ccc(Nc3ncnc4cc(OC)c(OC)cc34)cc2)cc1. The molecule has 4 aromatic rings. The van der Waals surface area contributed by atoms with Crippen LogP contribution in [0.25, 0.3) is 10.9 Å². The third-order valence-corrected chi connectivity index (χ3v) is 5.23. The fraction of sp³-hybridized carbons (Fsp3) is 0.192. The number of rotatable bonds is 10. The Labute approximate surface area is 203 Å². The second kappa shape index (κ2) is 11.1. The highest BCUT2D eigenvalue weighted by Gasteiger charge is 2.11. The van der Waals surface area contributed by atoms with Crippen LogP contribution in [0.5, 0.6) is 23.0 Å². The predicted octanol–water partition coefficient (Wildman–Crippen LogP) is 4.81. The molecule has 3 aromatic carbocycles. The van der Waals surface area contributed by atoms with Crippen molar-refractivity contribution in [1.82, 2.24) is 9.97 Å². The lowest BCUT2D eigenvalue weighted by Crippen LogP contribution is -2.15. The number of nitrogens with one attached hydrogen (secondary N) is 2. The first-order chi connectivity index (χ1) is 17.1. The number of hydrogen-bond donors (Lipinski definition) is 2. The zero-order valence-electron chi connectivity index (χ0n) is 19.7. The summed E-state index contributed by atoms with van der Waals surface area (Å²) in [6.45, 7) is 0.271. The second-order valence-corrected chi connectivity index (χ2v) is 7.47. The van der Waals surface area contributed by atoms with Gasteiger partial charge in [0.1, 0.15) is 23.6 Å². The van der Waals surface area contributed by atoms with E-state index >= 15 is 0 Å². The quantitative estimate of drug-likeness (QED) is 0.338. The molecule has 0 aliphatic rings. The molecule has 0 saturated heterocycles. The maximum absolute atomic E-state index is 12.3. The molecule has 0 spiro atoms. The van der Waals surface area contributed by atoms with E-state index in [4.69, 9.17) is 18.9 Å². The number of carbonyl (C=O) groups is 1. The van der Waals surface area contributed by atoms with E-state index in [2.05, 4.69) is 20.6 Å². The number of nitrogens with zero attached hydrogens (tertiary/aromatic N) is 2. The topological polar surface area (TPSA) is 104 Å². The highest BCUT2D eigenvalue weighted by molar-refractivity contribution is 5.93. The number of aromatic nitrogens is 2. The Hall–Kier alpha value is -4.53. The van der Waals surface area contributed by atoms with Gasteiger partial charge in [-0.25, -0.2) is 9.97 Å². The van der Waals surface area contributed by atoms with E-state index in [1.807, 2.05) is 42.5 Å². The van der Waals surface area contributed by atoms with Crippen LogP contribution in [0.3, 0.4) is 0 Å². The van der Waals surface area contributed by atoms with Gasteiger partial charge in [-0.1, -0.05) is 0 Å². The van der Waals surface area contributed by atoms with Gasteiger partial charge in [0.2, 0.25) is 5.91 Å². The number of amides is 1. The molecule has 35 heavy (non-hydrogen) atoms. The van der Waals surface area contributed by atoms with Gasteiger partial charge in [0.25, 0.3) is 0 Å². The molecule has 0 aliphatic heterocycles. The van der Waals surface area contributed by atoms with E-state index in [-0.39, 0.29) is 18.9 Å². The largest absolute Gasteiger partial charge is 0.497 e. The van der Waals surface area contributed by atoms with Gasteiger partial charge < -0.3 is 29.6 Å². The van der Waals surface area contributed by atoms with Gasteiger partial charge in [-0.2, -0.15) is 0 Å². The van der Waals surface area contributed by atoms with Crippen molar-refractivity contribution in [2.75, 3.05) is 38.6 Å². The average molecular weight is 475 g/mol. The number of benzene rings is 3. The lowest BCUT2D eigenvalue weighted by molar-refractivity contribution is -0.116. The summed E-state index contributed by atoms with van der Waals surface area (Å²) < 4.78 is 21.5. The fourth-order valence-electron chi connectivity index (χ4n) is 3.41. The number of ether oxygens (including phenoxy) is 4. The number of hydrogen-bond acceptors (Lipinski definition) is 8. The highest BCUT2D eigenvalue weighted by Crippen LogP contribution is 2.34. The number of methoxy groups -OCH3 is 3. The van der Waals surface area contributed by atoms with Crippen molar-refractivity contribution in [1.29, 1.82) is 0 Å². The molecule has 9 heteroatoms. The summed E-state index contributed by atoms with van der Waals surface area (Å²) in [6.07, 6.45) is 1.71. The first kappa shape index (κ1) is 23.6. The van der Waals surface area contributed by atoms with Crippen molar-refractivity contribution in [3.05, 3.63) is 67.0 Å². The third kappa shape index (κ3) is 5.89. The number of anilines is 3. The lowest BCUT2D eigenvalue weighted by atomic mass is 10.2. The van der Waals surface area contributed by atoms with Crippen LogP contribution in [0.1, 0.15) is 6.42 Å². The van der Waals surface area contributed by atoms with E-state index in [0.717, 1.165) is 22.3 Å². The van der Waals surface area contributed by atoms with Gasteiger partial charge in [0, 0.05) is 22.8 Å². The van der Waals surface area contributed by atoms with Gasteiger partial charge in [-0.15, -0.1) is 0 Å². The molecular weight excluding hydrogens is 448 g/mol. The summed E-state index contributed by atoms with van der Waals surface area (Å²) in [6, 6.07) is 18.2. The van der Waals surface area contributed by atoms with Gasteiger partial charge in [-0.05, 0) is 54.6 Å². The molecule has 0 unspecified atom stereocenters. The molecule has 4 rings (SSSR count). The first-order valence-corrected chi connectivity index (χ1v) is 10.9. The van der Waals surface area contributed by atoms with Gasteiger partial charge >= 0.3 is 0 Å². The van der Waals surface area contributed by atoms with E-state index in [1.54, 1.807) is 39.5 Å². The van der Waals surface area contributed by atoms with Crippen LogP contribution in [0.4, 0.5) is 17.2 Å². The summed E-state index contributed by atoms with van der Waals surface area (Å²) in [4.78, 5) is 21.0. The molecular formula is C26H26N4O5. The van der Waals surface area contributed by atoms with Crippen LogP contribution in [-0.4, -0.2) is 43.8 Å². The Balaban J connectivity index is 1.35. The minimum absolute atomic E-state index is 0.137. The van der Waals surface area contributed by atoms with Crippen molar-refractivity contribution in [2.45, 2.75) is 6.42 Å². The molecule has 1 amide bonds. The minimum Gasteiger partial charge on any atom is -0.497 e. The minimum atomic E-state index is -0.137. The normalized spacial score (nSPS) is 10.5. The monoisotopic (exact) mass is 474 g/mol. The summed E-state index contributed by atoms with van der Waals surface area (Å²) in [5, 5.41) is 6.95. The Morgan fingerprint density at radius 2 is 1.46 bits per heavy atom. The fourth-order valence-corrected chi connectivity index (χ4v) is 3.41. The zero-order chi connectivity index (χ0) is 24.6. The number of fused-ring (bicyclic) bond motifs is 1. The summed E-state index contributed by atoms with van der Waals surface area (Å²) in [7, 11) is 4.77. The van der Waals surface area contributed by atoms with Gasteiger partial charge in [0.05, 0.1) is 39.9 Å². The second-order valence-electron chi connectivity index (χ2n) is 7.47. The van der Waals surface area contributed by atoms with Gasteiger partial charge in [-0.3, -0.25) is 4.79 Å². The van der Waals surface area contributed by atoms with Crippen LogP contribution >= 0.6 is 0 Å². The van der Waals surface area contributed by atoms with E-state index < -0.39 is 0 Å². The Morgan fingerprint density at radius 1 is 0.800 bits per heavy atom. The third-order valence-electron chi connectivity index (χ3n) is 5.23. The zero-order valence-corrected chi connectivity index (χ0v) is 19.7. The van der Waals surface area contributed by atoms with Crippen molar-refractivity contribution < 1.29 is 23.7 Å². The van der Waals surface area contributed by atoms with Crippen molar-refractivity contribution >= 4 is 34.0 Å². The predicted molar refractivity (Wildman–Crippen MR) is 134 cm³/mol. The average Bonchev–Trinajstić information content (AvgIpc) is 2.89. The molecule has 180 valence electrons. The van der Waals surface area contributed by atoms with Crippen LogP contribution in [0.15, 0.2) is 67.0 Å². The maximum Gasteiger partial charge on any atom is 0.227 e. The lowest BCUT2D eigenvalue weighted by Gasteiger charge is -2.12. The van der Waals surface area contributed by atoms with Crippen molar-refractivity contribution in [3.63, 3.8) is 0 Å². The molecule has 2 N–H and O–H groups in total. The highest BCUT2D eigenvalue weighted by atomic mass is 16.5. The van der Waals surface area contributed by atoms with Crippen molar-refractivity contribution in [2.24, 2.45) is 0 Å². The van der Waals surface area contributed by atoms with Crippen LogP contribution in [0, 0.1) is 0 Å². The Bertz CT molecular complexity index is 1290. The smallest absolute Gasteiger partial charge is 0.227 e. The van der Waals surface area contributed by atoms with Crippen molar-refractivity contribution in [3.8, 4) is 23.0 Å². The first-order valence-electron chi connectivity index (χ1n) is 10.9. The molecule has 0 bridgehead atoms. The maximum atomic E-state index is 12.3. The molecule has 0 aliphatic carbocycles. The summed E-state index contributed by atoms with van der Waals surface area (Å²) >= 11 is 0. The van der Waals surface area contributed by atoms with E-state index in [0.29, 0.717) is 28.8 Å².